The number of amides is 1. The fourth-order valence-corrected chi connectivity index (χ4v) is 3.79. The van der Waals surface area contributed by atoms with Crippen LogP contribution in [0.25, 0.3) is 22.1 Å². The van der Waals surface area contributed by atoms with Gasteiger partial charge in [0.2, 0.25) is 0 Å². The van der Waals surface area contributed by atoms with E-state index in [0.29, 0.717) is 6.29 Å². The average molecular weight is 410 g/mol. The summed E-state index contributed by atoms with van der Waals surface area (Å²) in [5, 5.41) is 33.9. The summed E-state index contributed by atoms with van der Waals surface area (Å²) >= 11 is 0. The van der Waals surface area contributed by atoms with Crippen LogP contribution in [0.3, 0.4) is 0 Å². The van der Waals surface area contributed by atoms with E-state index in [2.05, 4.69) is 20.2 Å². The Morgan fingerprint density at radius 1 is 1.07 bits per heavy atom. The van der Waals surface area contributed by atoms with Crippen LogP contribution in [0, 0.1) is 6.92 Å². The van der Waals surface area contributed by atoms with Crippen LogP contribution in [0.5, 0.6) is 17.2 Å². The lowest BCUT2D eigenvalue weighted by atomic mass is 10.0. The van der Waals surface area contributed by atoms with Crippen LogP contribution in [0.2, 0.25) is 0 Å². The second kappa shape index (κ2) is 7.42. The number of hydrogen-bond donors (Lipinski definition) is 4. The Bertz CT molecular complexity index is 1190. The molecule has 1 amide bonds. The first kappa shape index (κ1) is 19.8. The number of hydrogen-bond acceptors (Lipinski definition) is 8. The molecule has 1 aliphatic rings. The lowest BCUT2D eigenvalue weighted by molar-refractivity contribution is 0.0918. The molecule has 0 radical (unpaired) electrons. The lowest BCUT2D eigenvalue weighted by Gasteiger charge is -2.29. The summed E-state index contributed by atoms with van der Waals surface area (Å²) in [6.45, 7) is 3.22. The number of phenolic OH excluding ortho intramolecular Hbond substituents is 3. The van der Waals surface area contributed by atoms with Gasteiger partial charge in [0.25, 0.3) is 5.91 Å². The number of aldehydes is 1. The summed E-state index contributed by atoms with van der Waals surface area (Å²) in [6, 6.07) is 2.81. The van der Waals surface area contributed by atoms with Gasteiger partial charge in [-0.25, -0.2) is 9.97 Å². The molecular weight excluding hydrogens is 388 g/mol. The number of phenols is 3. The number of piperidine rings is 1. The summed E-state index contributed by atoms with van der Waals surface area (Å²) in [7, 11) is 2.03. The van der Waals surface area contributed by atoms with Gasteiger partial charge >= 0.3 is 0 Å². The third-order valence-electron chi connectivity index (χ3n) is 5.66. The van der Waals surface area contributed by atoms with E-state index in [1.54, 1.807) is 0 Å². The summed E-state index contributed by atoms with van der Waals surface area (Å²) < 4.78 is 0. The maximum atomic E-state index is 13.0. The van der Waals surface area contributed by atoms with Crippen LogP contribution in [0.4, 0.5) is 0 Å². The minimum absolute atomic E-state index is 0.00396. The zero-order valence-corrected chi connectivity index (χ0v) is 16.6. The van der Waals surface area contributed by atoms with Crippen molar-refractivity contribution in [2.45, 2.75) is 25.8 Å². The number of likely N-dealkylation sites (tertiary alicyclic amines) is 1. The minimum atomic E-state index is -0.403. The molecule has 0 spiro atoms. The minimum Gasteiger partial charge on any atom is -0.507 e. The van der Waals surface area contributed by atoms with E-state index in [0.717, 1.165) is 25.9 Å². The van der Waals surface area contributed by atoms with E-state index < -0.39 is 5.75 Å². The van der Waals surface area contributed by atoms with Crippen molar-refractivity contribution in [2.75, 3.05) is 20.1 Å². The van der Waals surface area contributed by atoms with Gasteiger partial charge < -0.3 is 25.5 Å². The molecule has 9 nitrogen and oxygen atoms in total. The van der Waals surface area contributed by atoms with Crippen molar-refractivity contribution in [1.82, 2.24) is 20.2 Å². The van der Waals surface area contributed by atoms with Crippen molar-refractivity contribution in [1.29, 1.82) is 0 Å². The van der Waals surface area contributed by atoms with Crippen molar-refractivity contribution in [3.05, 3.63) is 28.8 Å². The molecule has 2 heterocycles. The molecule has 0 saturated carbocycles. The summed E-state index contributed by atoms with van der Waals surface area (Å²) in [5.41, 5.74) is 0.162. The first-order valence-electron chi connectivity index (χ1n) is 9.64. The fraction of sp³-hybridized carbons (Fsp3) is 0.333. The monoisotopic (exact) mass is 410 g/mol. The van der Waals surface area contributed by atoms with Gasteiger partial charge in [-0.1, -0.05) is 0 Å². The average Bonchev–Trinajstić information content (AvgIpc) is 2.74. The van der Waals surface area contributed by atoms with Gasteiger partial charge in [-0.15, -0.1) is 0 Å². The molecule has 30 heavy (non-hydrogen) atoms. The number of benzene rings is 2. The summed E-state index contributed by atoms with van der Waals surface area (Å²) in [5.74, 6) is -1.33. The molecule has 0 bridgehead atoms. The number of carbonyl (C=O) groups excluding carboxylic acids is 2. The Balaban J connectivity index is 1.87. The summed E-state index contributed by atoms with van der Waals surface area (Å²) in [6.07, 6.45) is 2.07. The Kier molecular flexibility index (Phi) is 4.90. The number of nitrogens with one attached hydrogen (secondary N) is 1. The first-order valence-corrected chi connectivity index (χ1v) is 9.64. The zero-order valence-electron chi connectivity index (χ0n) is 16.6. The third kappa shape index (κ3) is 3.17. The van der Waals surface area contributed by atoms with Crippen molar-refractivity contribution in [2.24, 2.45) is 0 Å². The summed E-state index contributed by atoms with van der Waals surface area (Å²) in [4.78, 5) is 35.3. The van der Waals surface area contributed by atoms with Crippen molar-refractivity contribution in [3.63, 3.8) is 0 Å². The number of nitrogens with zero attached hydrogens (tertiary/aromatic N) is 3. The molecular formula is C21H22N4O5. The van der Waals surface area contributed by atoms with E-state index in [1.807, 2.05) is 7.05 Å². The number of aromatic hydroxyl groups is 3. The smallest absolute Gasteiger partial charge is 0.253 e. The molecule has 4 rings (SSSR count). The highest BCUT2D eigenvalue weighted by molar-refractivity contribution is 6.10. The van der Waals surface area contributed by atoms with Gasteiger partial charge in [-0.05, 0) is 52.0 Å². The maximum absolute atomic E-state index is 13.0. The molecule has 1 saturated heterocycles. The second-order valence-corrected chi connectivity index (χ2v) is 7.66. The first-order chi connectivity index (χ1) is 14.3. The van der Waals surface area contributed by atoms with Crippen LogP contribution < -0.4 is 5.32 Å². The fourth-order valence-electron chi connectivity index (χ4n) is 3.79. The van der Waals surface area contributed by atoms with Gasteiger partial charge in [0.15, 0.2) is 6.29 Å². The van der Waals surface area contributed by atoms with Gasteiger partial charge in [0.05, 0.1) is 11.1 Å². The number of rotatable bonds is 3. The molecule has 156 valence electrons. The standard InChI is InChI=1S/C21H22N4O5/c1-10-19(28)13(9-26)16-18(20(10)29)24-15-12(3-4-14(27)17(15)23-16)21(30)22-11-5-7-25(2)8-6-11/h3-4,9,11,27-29H,5-8H2,1-2H3,(H,22,30). The molecule has 1 fully saturated rings. The predicted molar refractivity (Wildman–Crippen MR) is 110 cm³/mol. The lowest BCUT2D eigenvalue weighted by Crippen LogP contribution is -2.43. The molecule has 0 atom stereocenters. The Morgan fingerprint density at radius 3 is 2.40 bits per heavy atom. The molecule has 0 unspecified atom stereocenters. The van der Waals surface area contributed by atoms with Gasteiger partial charge in [-0.3, -0.25) is 9.59 Å². The van der Waals surface area contributed by atoms with E-state index in [-0.39, 0.29) is 62.2 Å². The second-order valence-electron chi connectivity index (χ2n) is 7.66. The van der Waals surface area contributed by atoms with E-state index in [9.17, 15) is 24.9 Å². The largest absolute Gasteiger partial charge is 0.507 e. The van der Waals surface area contributed by atoms with Crippen LogP contribution in [-0.2, 0) is 0 Å². The van der Waals surface area contributed by atoms with Crippen molar-refractivity contribution in [3.8, 4) is 17.2 Å². The Hall–Kier alpha value is -3.46. The molecule has 4 N–H and O–H groups in total. The van der Waals surface area contributed by atoms with Crippen molar-refractivity contribution >= 4 is 34.3 Å². The molecule has 1 aliphatic heterocycles. The topological polar surface area (TPSA) is 136 Å². The molecule has 0 aliphatic carbocycles. The number of carbonyl (C=O) groups is 2. The van der Waals surface area contributed by atoms with Crippen LogP contribution in [0.15, 0.2) is 12.1 Å². The highest BCUT2D eigenvalue weighted by atomic mass is 16.3. The Morgan fingerprint density at radius 2 is 1.73 bits per heavy atom. The highest BCUT2D eigenvalue weighted by Crippen LogP contribution is 2.38. The van der Waals surface area contributed by atoms with Crippen LogP contribution in [0.1, 0.15) is 39.1 Å². The number of fused-ring (bicyclic) bond motifs is 2. The highest BCUT2D eigenvalue weighted by Gasteiger charge is 2.24. The van der Waals surface area contributed by atoms with Crippen molar-refractivity contribution < 1.29 is 24.9 Å². The number of aromatic nitrogens is 2. The van der Waals surface area contributed by atoms with Gasteiger partial charge in [0, 0.05) is 11.6 Å². The molecule has 1 aromatic heterocycles. The quantitative estimate of drug-likeness (QED) is 0.379. The normalized spacial score (nSPS) is 15.5. The van der Waals surface area contributed by atoms with Gasteiger partial charge in [-0.2, -0.15) is 0 Å². The zero-order chi connectivity index (χ0) is 21.6. The molecule has 3 aromatic rings. The predicted octanol–water partition coefficient (Wildman–Crippen LogP) is 1.84. The van der Waals surface area contributed by atoms with Crippen LogP contribution in [-0.4, -0.2) is 68.6 Å². The molecule has 2 aromatic carbocycles. The van der Waals surface area contributed by atoms with Gasteiger partial charge in [0.1, 0.15) is 39.3 Å². The van der Waals surface area contributed by atoms with Crippen LogP contribution >= 0.6 is 0 Å². The van der Waals surface area contributed by atoms with E-state index in [1.165, 1.54) is 19.1 Å². The maximum Gasteiger partial charge on any atom is 0.253 e. The molecule has 9 heteroatoms. The third-order valence-corrected chi connectivity index (χ3v) is 5.66. The SMILES string of the molecule is Cc1c(O)c(C=O)c2nc3c(O)ccc(C(=O)NC4CCN(C)CC4)c3nc2c1O. The Labute approximate surface area is 172 Å². The van der Waals surface area contributed by atoms with E-state index >= 15 is 0 Å². The van der Waals surface area contributed by atoms with E-state index in [4.69, 9.17) is 0 Å².